The molecule has 3 aliphatic rings. The summed E-state index contributed by atoms with van der Waals surface area (Å²) >= 11 is 0. The summed E-state index contributed by atoms with van der Waals surface area (Å²) in [5, 5.41) is 22.8. The van der Waals surface area contributed by atoms with Gasteiger partial charge < -0.3 is 10.2 Å². The standard InChI is InChI=1S/C19H26O3/c1-5-17(4)9-10-18(21)13(12-17)14(20)11-15-16(2,3)7-6-8-19(15,18)22/h5,11-12,21-22H,1,6-10H2,2-4H3. The van der Waals surface area contributed by atoms with E-state index in [0.29, 0.717) is 30.4 Å². The van der Waals surface area contributed by atoms with Crippen LogP contribution in [-0.2, 0) is 4.79 Å². The normalized spacial score (nSPS) is 43.6. The third kappa shape index (κ3) is 1.85. The first kappa shape index (κ1) is 15.7. The van der Waals surface area contributed by atoms with Crippen LogP contribution in [0.15, 0.2) is 36.0 Å². The minimum absolute atomic E-state index is 0.162. The highest BCUT2D eigenvalue weighted by atomic mass is 16.4. The Morgan fingerprint density at radius 1 is 1.09 bits per heavy atom. The van der Waals surface area contributed by atoms with Gasteiger partial charge in [0.15, 0.2) is 5.78 Å². The number of rotatable bonds is 1. The molecule has 0 saturated heterocycles. The van der Waals surface area contributed by atoms with E-state index in [0.717, 1.165) is 12.8 Å². The lowest BCUT2D eigenvalue weighted by atomic mass is 9.52. The molecule has 0 heterocycles. The average molecular weight is 302 g/mol. The number of fused-ring (bicyclic) bond motifs is 3. The second-order valence-corrected chi connectivity index (χ2v) is 8.15. The van der Waals surface area contributed by atoms with Gasteiger partial charge >= 0.3 is 0 Å². The van der Waals surface area contributed by atoms with Crippen LogP contribution < -0.4 is 0 Å². The fourth-order valence-corrected chi connectivity index (χ4v) is 4.54. The van der Waals surface area contributed by atoms with E-state index in [2.05, 4.69) is 6.58 Å². The zero-order valence-electron chi connectivity index (χ0n) is 13.8. The molecular formula is C19H26O3. The lowest BCUT2D eigenvalue weighted by molar-refractivity contribution is -0.151. The van der Waals surface area contributed by atoms with Crippen LogP contribution >= 0.6 is 0 Å². The van der Waals surface area contributed by atoms with Gasteiger partial charge in [-0.2, -0.15) is 0 Å². The molecule has 0 aliphatic heterocycles. The molecule has 3 atom stereocenters. The second kappa shape index (κ2) is 4.42. The monoisotopic (exact) mass is 302 g/mol. The molecule has 3 nitrogen and oxygen atoms in total. The summed E-state index contributed by atoms with van der Waals surface area (Å²) in [4.78, 5) is 12.7. The van der Waals surface area contributed by atoms with Crippen molar-refractivity contribution in [1.29, 1.82) is 0 Å². The number of carbonyl (C=O) groups excluding carboxylic acids is 1. The third-order valence-corrected chi connectivity index (χ3v) is 6.15. The highest BCUT2D eigenvalue weighted by Crippen LogP contribution is 2.58. The van der Waals surface area contributed by atoms with Crippen molar-refractivity contribution in [2.75, 3.05) is 0 Å². The summed E-state index contributed by atoms with van der Waals surface area (Å²) in [7, 11) is 0. The first-order valence-corrected chi connectivity index (χ1v) is 8.17. The van der Waals surface area contributed by atoms with Crippen LogP contribution in [0.25, 0.3) is 0 Å². The van der Waals surface area contributed by atoms with E-state index in [1.165, 1.54) is 0 Å². The van der Waals surface area contributed by atoms with Gasteiger partial charge in [-0.15, -0.1) is 6.58 Å². The highest BCUT2D eigenvalue weighted by molar-refractivity contribution is 6.08. The first-order chi connectivity index (χ1) is 10.1. The fourth-order valence-electron chi connectivity index (χ4n) is 4.54. The van der Waals surface area contributed by atoms with Gasteiger partial charge in [-0.05, 0) is 49.2 Å². The van der Waals surface area contributed by atoms with Crippen molar-refractivity contribution in [2.24, 2.45) is 10.8 Å². The van der Waals surface area contributed by atoms with Gasteiger partial charge in [-0.1, -0.05) is 32.9 Å². The summed E-state index contributed by atoms with van der Waals surface area (Å²) < 4.78 is 0. The molecule has 1 saturated carbocycles. The van der Waals surface area contributed by atoms with Gasteiger partial charge in [0.2, 0.25) is 0 Å². The predicted molar refractivity (Wildman–Crippen MR) is 86.2 cm³/mol. The van der Waals surface area contributed by atoms with E-state index in [4.69, 9.17) is 0 Å². The van der Waals surface area contributed by atoms with Crippen molar-refractivity contribution < 1.29 is 15.0 Å². The van der Waals surface area contributed by atoms with Crippen LogP contribution in [0.4, 0.5) is 0 Å². The zero-order valence-corrected chi connectivity index (χ0v) is 13.8. The number of aliphatic hydroxyl groups is 2. The van der Waals surface area contributed by atoms with E-state index in [9.17, 15) is 15.0 Å². The van der Waals surface area contributed by atoms with Crippen LogP contribution in [-0.4, -0.2) is 27.2 Å². The van der Waals surface area contributed by atoms with Gasteiger partial charge in [0, 0.05) is 11.0 Å². The predicted octanol–water partition coefficient (Wildman–Crippen LogP) is 3.08. The fraction of sp³-hybridized carbons (Fsp3) is 0.632. The molecule has 3 aliphatic carbocycles. The lowest BCUT2D eigenvalue weighted by Gasteiger charge is -2.57. The van der Waals surface area contributed by atoms with E-state index >= 15 is 0 Å². The van der Waals surface area contributed by atoms with Gasteiger partial charge in [0.05, 0.1) is 0 Å². The molecule has 0 aromatic carbocycles. The topological polar surface area (TPSA) is 57.5 Å². The number of hydrogen-bond acceptors (Lipinski definition) is 3. The largest absolute Gasteiger partial charge is 0.382 e. The molecule has 3 unspecified atom stereocenters. The van der Waals surface area contributed by atoms with E-state index in [1.54, 1.807) is 6.08 Å². The molecule has 22 heavy (non-hydrogen) atoms. The van der Waals surface area contributed by atoms with Crippen molar-refractivity contribution >= 4 is 5.78 Å². The Morgan fingerprint density at radius 3 is 2.41 bits per heavy atom. The number of hydrogen-bond donors (Lipinski definition) is 2. The molecule has 3 rings (SSSR count). The summed E-state index contributed by atoms with van der Waals surface area (Å²) in [6.45, 7) is 9.95. The minimum Gasteiger partial charge on any atom is -0.382 e. The molecule has 0 amide bonds. The van der Waals surface area contributed by atoms with Gasteiger partial charge in [-0.3, -0.25) is 4.79 Å². The van der Waals surface area contributed by atoms with Gasteiger partial charge in [0.25, 0.3) is 0 Å². The van der Waals surface area contributed by atoms with Gasteiger partial charge in [-0.25, -0.2) is 0 Å². The Hall–Kier alpha value is -1.19. The van der Waals surface area contributed by atoms with Crippen molar-refractivity contribution in [3.8, 4) is 0 Å². The van der Waals surface area contributed by atoms with Crippen molar-refractivity contribution in [3.63, 3.8) is 0 Å². The van der Waals surface area contributed by atoms with Crippen LogP contribution in [0.3, 0.4) is 0 Å². The quantitative estimate of drug-likeness (QED) is 0.732. The van der Waals surface area contributed by atoms with Crippen LogP contribution in [0.2, 0.25) is 0 Å². The molecule has 2 N–H and O–H groups in total. The van der Waals surface area contributed by atoms with Crippen LogP contribution in [0.5, 0.6) is 0 Å². The van der Waals surface area contributed by atoms with E-state index in [-0.39, 0.29) is 16.6 Å². The van der Waals surface area contributed by atoms with Crippen LogP contribution in [0.1, 0.15) is 52.9 Å². The maximum Gasteiger partial charge on any atom is 0.184 e. The molecule has 0 aromatic heterocycles. The first-order valence-electron chi connectivity index (χ1n) is 8.17. The Morgan fingerprint density at radius 2 is 1.77 bits per heavy atom. The minimum atomic E-state index is -1.46. The van der Waals surface area contributed by atoms with Crippen molar-refractivity contribution in [1.82, 2.24) is 0 Å². The van der Waals surface area contributed by atoms with E-state index < -0.39 is 11.2 Å². The summed E-state index contributed by atoms with van der Waals surface area (Å²) in [6, 6.07) is 0. The smallest absolute Gasteiger partial charge is 0.184 e. The molecule has 0 bridgehead atoms. The number of carbonyl (C=O) groups is 1. The number of ketones is 1. The Kier molecular flexibility index (Phi) is 3.16. The molecule has 120 valence electrons. The maximum absolute atomic E-state index is 12.7. The lowest BCUT2D eigenvalue weighted by Crippen LogP contribution is -2.64. The molecule has 0 spiro atoms. The Bertz CT molecular complexity index is 612. The maximum atomic E-state index is 12.7. The summed E-state index contributed by atoms with van der Waals surface area (Å²) in [5.74, 6) is -0.162. The average Bonchev–Trinajstić information content (AvgIpc) is 2.44. The second-order valence-electron chi connectivity index (χ2n) is 8.15. The SMILES string of the molecule is C=CC1(C)C=C2C(=O)C=C3C(C)(C)CCCC3(O)C2(O)CC1. The Labute approximate surface area is 132 Å². The zero-order chi connectivity index (χ0) is 16.4. The highest BCUT2D eigenvalue weighted by Gasteiger charge is 2.62. The number of allylic oxidation sites excluding steroid dienone is 3. The molecule has 0 aromatic rings. The molecule has 1 fully saturated rings. The third-order valence-electron chi connectivity index (χ3n) is 6.15. The molecule has 3 heteroatoms. The van der Waals surface area contributed by atoms with Crippen molar-refractivity contribution in [3.05, 3.63) is 36.0 Å². The summed E-state index contributed by atoms with van der Waals surface area (Å²) in [6.07, 6.45) is 8.57. The van der Waals surface area contributed by atoms with Crippen LogP contribution in [0, 0.1) is 10.8 Å². The van der Waals surface area contributed by atoms with Gasteiger partial charge in [0.1, 0.15) is 11.2 Å². The summed E-state index contributed by atoms with van der Waals surface area (Å²) in [5.41, 5.74) is -2.29. The van der Waals surface area contributed by atoms with E-state index in [1.807, 2.05) is 32.9 Å². The molecular weight excluding hydrogens is 276 g/mol. The van der Waals surface area contributed by atoms with Crippen molar-refractivity contribution in [2.45, 2.75) is 64.1 Å². The Balaban J connectivity index is 2.23. The molecule has 0 radical (unpaired) electrons.